The van der Waals surface area contributed by atoms with Crippen LogP contribution in [0.1, 0.15) is 30.0 Å². The molecule has 1 aliphatic rings. The molecule has 1 heterocycles. The van der Waals surface area contributed by atoms with Crippen LogP contribution in [0.4, 0.5) is 0 Å². The second-order valence-electron chi connectivity index (χ2n) is 6.27. The van der Waals surface area contributed by atoms with Gasteiger partial charge in [0, 0.05) is 17.6 Å². The first kappa shape index (κ1) is 17.8. The predicted molar refractivity (Wildman–Crippen MR) is 99.8 cm³/mol. The fourth-order valence-electron chi connectivity index (χ4n) is 3.32. The summed E-state index contributed by atoms with van der Waals surface area (Å²) in [5.74, 6) is 0.877. The SMILES string of the molecule is COc1cccc([C@H]2CCCN2CC(=O)NCc2ccccc2Cl)c1. The molecule has 2 aromatic carbocycles. The molecular formula is C20H23ClN2O2. The molecule has 132 valence electrons. The summed E-state index contributed by atoms with van der Waals surface area (Å²) in [7, 11) is 1.67. The Bertz CT molecular complexity index is 735. The number of nitrogens with zero attached hydrogens (tertiary/aromatic N) is 1. The van der Waals surface area contributed by atoms with Crippen LogP contribution in [0.25, 0.3) is 0 Å². The number of carbonyl (C=O) groups is 1. The Balaban J connectivity index is 1.59. The first-order chi connectivity index (χ1) is 12.2. The van der Waals surface area contributed by atoms with Gasteiger partial charge in [-0.3, -0.25) is 9.69 Å². The molecule has 0 saturated carbocycles. The molecule has 4 nitrogen and oxygen atoms in total. The first-order valence-corrected chi connectivity index (χ1v) is 8.93. The van der Waals surface area contributed by atoms with Gasteiger partial charge in [-0.2, -0.15) is 0 Å². The van der Waals surface area contributed by atoms with Crippen molar-refractivity contribution in [3.05, 3.63) is 64.7 Å². The fraction of sp³-hybridized carbons (Fsp3) is 0.350. The molecule has 0 unspecified atom stereocenters. The van der Waals surface area contributed by atoms with E-state index in [0.717, 1.165) is 30.7 Å². The zero-order valence-electron chi connectivity index (χ0n) is 14.4. The van der Waals surface area contributed by atoms with Gasteiger partial charge in [0.05, 0.1) is 13.7 Å². The van der Waals surface area contributed by atoms with Crippen molar-refractivity contribution in [1.29, 1.82) is 0 Å². The Labute approximate surface area is 153 Å². The van der Waals surface area contributed by atoms with Gasteiger partial charge in [-0.15, -0.1) is 0 Å². The van der Waals surface area contributed by atoms with Crippen LogP contribution in [0.5, 0.6) is 5.75 Å². The van der Waals surface area contributed by atoms with E-state index in [-0.39, 0.29) is 11.9 Å². The fourth-order valence-corrected chi connectivity index (χ4v) is 3.52. The lowest BCUT2D eigenvalue weighted by Crippen LogP contribution is -2.36. The number of hydrogen-bond donors (Lipinski definition) is 1. The van der Waals surface area contributed by atoms with Gasteiger partial charge in [0.25, 0.3) is 0 Å². The van der Waals surface area contributed by atoms with Crippen molar-refractivity contribution in [2.24, 2.45) is 0 Å². The Morgan fingerprint density at radius 1 is 1.28 bits per heavy atom. The van der Waals surface area contributed by atoms with Crippen molar-refractivity contribution in [3.8, 4) is 5.75 Å². The first-order valence-electron chi connectivity index (χ1n) is 8.55. The highest BCUT2D eigenvalue weighted by molar-refractivity contribution is 6.31. The van der Waals surface area contributed by atoms with Crippen LogP contribution in [0, 0.1) is 0 Å². The van der Waals surface area contributed by atoms with Crippen LogP contribution in [-0.4, -0.2) is 31.0 Å². The number of rotatable bonds is 6. The standard InChI is InChI=1S/C20H23ClN2O2/c1-25-17-8-4-7-15(12-17)19-10-5-11-23(19)14-20(24)22-13-16-6-2-3-9-18(16)21/h2-4,6-9,12,19H,5,10-11,13-14H2,1H3,(H,22,24)/t19-/m1/s1. The van der Waals surface area contributed by atoms with E-state index in [2.05, 4.69) is 22.3 Å². The van der Waals surface area contributed by atoms with Crippen molar-refractivity contribution < 1.29 is 9.53 Å². The molecule has 1 atom stereocenters. The molecule has 2 aromatic rings. The molecule has 1 saturated heterocycles. The molecule has 5 heteroatoms. The summed E-state index contributed by atoms with van der Waals surface area (Å²) < 4.78 is 5.32. The lowest BCUT2D eigenvalue weighted by Gasteiger charge is -2.24. The van der Waals surface area contributed by atoms with Crippen molar-refractivity contribution in [3.63, 3.8) is 0 Å². The Hall–Kier alpha value is -2.04. The summed E-state index contributed by atoms with van der Waals surface area (Å²) in [4.78, 5) is 14.6. The Kier molecular flexibility index (Phi) is 5.95. The molecule has 0 bridgehead atoms. The second kappa shape index (κ2) is 8.37. The van der Waals surface area contributed by atoms with Gasteiger partial charge in [-0.25, -0.2) is 0 Å². The van der Waals surface area contributed by atoms with E-state index in [0.29, 0.717) is 18.1 Å². The van der Waals surface area contributed by atoms with E-state index in [1.54, 1.807) is 7.11 Å². The minimum atomic E-state index is 0.0229. The van der Waals surface area contributed by atoms with Crippen molar-refractivity contribution in [1.82, 2.24) is 10.2 Å². The van der Waals surface area contributed by atoms with Gasteiger partial charge in [0.15, 0.2) is 0 Å². The third-order valence-corrected chi connectivity index (χ3v) is 4.99. The Morgan fingerprint density at radius 3 is 2.92 bits per heavy atom. The lowest BCUT2D eigenvalue weighted by molar-refractivity contribution is -0.122. The van der Waals surface area contributed by atoms with Gasteiger partial charge >= 0.3 is 0 Å². The predicted octanol–water partition coefficient (Wildman–Crippen LogP) is 3.80. The molecule has 0 aromatic heterocycles. The maximum absolute atomic E-state index is 12.4. The summed E-state index contributed by atoms with van der Waals surface area (Å²) in [5.41, 5.74) is 2.14. The average molecular weight is 359 g/mol. The molecule has 1 aliphatic heterocycles. The third kappa shape index (κ3) is 4.53. The normalized spacial score (nSPS) is 17.4. The molecule has 25 heavy (non-hydrogen) atoms. The smallest absolute Gasteiger partial charge is 0.234 e. The number of nitrogens with one attached hydrogen (secondary N) is 1. The second-order valence-corrected chi connectivity index (χ2v) is 6.68. The lowest BCUT2D eigenvalue weighted by atomic mass is 10.0. The van der Waals surface area contributed by atoms with Crippen LogP contribution >= 0.6 is 11.6 Å². The molecule has 1 N–H and O–H groups in total. The highest BCUT2D eigenvalue weighted by atomic mass is 35.5. The van der Waals surface area contributed by atoms with E-state index in [4.69, 9.17) is 16.3 Å². The zero-order valence-corrected chi connectivity index (χ0v) is 15.1. The maximum Gasteiger partial charge on any atom is 0.234 e. The third-order valence-electron chi connectivity index (χ3n) is 4.62. The van der Waals surface area contributed by atoms with Crippen LogP contribution in [0.3, 0.4) is 0 Å². The molecule has 0 radical (unpaired) electrons. The molecule has 3 rings (SSSR count). The van der Waals surface area contributed by atoms with E-state index < -0.39 is 0 Å². The van der Waals surface area contributed by atoms with Gasteiger partial charge in [0.2, 0.25) is 5.91 Å². The molecular weight excluding hydrogens is 336 g/mol. The van der Waals surface area contributed by atoms with Crippen LogP contribution in [0.15, 0.2) is 48.5 Å². The van der Waals surface area contributed by atoms with Gasteiger partial charge in [0.1, 0.15) is 5.75 Å². The van der Waals surface area contributed by atoms with Gasteiger partial charge < -0.3 is 10.1 Å². The van der Waals surface area contributed by atoms with E-state index in [1.165, 1.54) is 5.56 Å². The summed E-state index contributed by atoms with van der Waals surface area (Å²) in [6.45, 7) is 1.78. The van der Waals surface area contributed by atoms with Crippen molar-refractivity contribution >= 4 is 17.5 Å². The number of carbonyl (C=O) groups excluding carboxylic acids is 1. The van der Waals surface area contributed by atoms with Crippen molar-refractivity contribution in [2.45, 2.75) is 25.4 Å². The number of methoxy groups -OCH3 is 1. The zero-order chi connectivity index (χ0) is 17.6. The number of ether oxygens (including phenoxy) is 1. The number of hydrogen-bond acceptors (Lipinski definition) is 3. The number of likely N-dealkylation sites (tertiary alicyclic amines) is 1. The Morgan fingerprint density at radius 2 is 2.12 bits per heavy atom. The molecule has 0 aliphatic carbocycles. The summed E-state index contributed by atoms with van der Waals surface area (Å²) in [5, 5.41) is 3.65. The topological polar surface area (TPSA) is 41.6 Å². The van der Waals surface area contributed by atoms with Crippen LogP contribution in [0.2, 0.25) is 5.02 Å². The number of benzene rings is 2. The van der Waals surface area contributed by atoms with Crippen molar-refractivity contribution in [2.75, 3.05) is 20.2 Å². The van der Waals surface area contributed by atoms with E-state index in [9.17, 15) is 4.79 Å². The molecule has 1 amide bonds. The molecule has 0 spiro atoms. The summed E-state index contributed by atoms with van der Waals surface area (Å²) >= 11 is 6.14. The van der Waals surface area contributed by atoms with Gasteiger partial charge in [-0.05, 0) is 48.7 Å². The quantitative estimate of drug-likeness (QED) is 0.853. The summed E-state index contributed by atoms with van der Waals surface area (Å²) in [6.07, 6.45) is 2.16. The minimum absolute atomic E-state index is 0.0229. The monoisotopic (exact) mass is 358 g/mol. The highest BCUT2D eigenvalue weighted by Crippen LogP contribution is 2.33. The number of halogens is 1. The maximum atomic E-state index is 12.4. The van der Waals surface area contributed by atoms with Crippen LogP contribution < -0.4 is 10.1 Å². The average Bonchev–Trinajstić information content (AvgIpc) is 3.09. The largest absolute Gasteiger partial charge is 0.497 e. The van der Waals surface area contributed by atoms with Gasteiger partial charge in [-0.1, -0.05) is 41.9 Å². The molecule has 1 fully saturated rings. The van der Waals surface area contributed by atoms with Crippen LogP contribution in [-0.2, 0) is 11.3 Å². The summed E-state index contributed by atoms with van der Waals surface area (Å²) in [6, 6.07) is 15.9. The van der Waals surface area contributed by atoms with E-state index >= 15 is 0 Å². The van der Waals surface area contributed by atoms with E-state index in [1.807, 2.05) is 36.4 Å². The number of amides is 1. The highest BCUT2D eigenvalue weighted by Gasteiger charge is 2.27. The minimum Gasteiger partial charge on any atom is -0.497 e.